The van der Waals surface area contributed by atoms with E-state index < -0.39 is 0 Å². The van der Waals surface area contributed by atoms with Crippen LogP contribution in [-0.2, 0) is 0 Å². The summed E-state index contributed by atoms with van der Waals surface area (Å²) >= 11 is 6.32. The van der Waals surface area contributed by atoms with Crippen LogP contribution in [0.5, 0.6) is 0 Å². The minimum Gasteiger partial charge on any atom is -0.396 e. The summed E-state index contributed by atoms with van der Waals surface area (Å²) in [7, 11) is 0. The summed E-state index contributed by atoms with van der Waals surface area (Å²) in [5.74, 6) is 1.11. The Labute approximate surface area is 157 Å². The minimum atomic E-state index is 0.110. The topological polar surface area (TPSA) is 83.0 Å². The molecule has 26 heavy (non-hydrogen) atoms. The average molecular weight is 370 g/mol. The maximum atomic E-state index is 8.97. The lowest BCUT2D eigenvalue weighted by Crippen LogP contribution is -2.09. The summed E-state index contributed by atoms with van der Waals surface area (Å²) in [6, 6.07) is 11.4. The molecular weight excluding hydrogens is 350 g/mol. The molecule has 0 spiro atoms. The highest BCUT2D eigenvalue weighted by atomic mass is 35.5. The fourth-order valence-electron chi connectivity index (χ4n) is 2.45. The molecule has 2 aromatic heterocycles. The molecule has 0 bridgehead atoms. The van der Waals surface area contributed by atoms with E-state index in [1.165, 1.54) is 0 Å². The van der Waals surface area contributed by atoms with Gasteiger partial charge in [0.15, 0.2) is 0 Å². The number of halogens is 1. The third-order valence-corrected chi connectivity index (χ3v) is 4.09. The third-order valence-electron chi connectivity index (χ3n) is 3.78. The van der Waals surface area contributed by atoms with Crippen molar-refractivity contribution in [2.45, 2.75) is 13.3 Å². The summed E-state index contributed by atoms with van der Waals surface area (Å²) in [6.07, 6.45) is 4.09. The Bertz CT molecular complexity index is 853. The number of aliphatic hydroxyl groups excluding tert-OH is 1. The number of benzene rings is 1. The fourth-order valence-corrected chi connectivity index (χ4v) is 2.72. The van der Waals surface area contributed by atoms with Crippen LogP contribution < -0.4 is 10.6 Å². The summed E-state index contributed by atoms with van der Waals surface area (Å²) in [5, 5.41) is 16.0. The largest absolute Gasteiger partial charge is 0.396 e. The Kier molecular flexibility index (Phi) is 5.99. The van der Waals surface area contributed by atoms with Gasteiger partial charge in [0.2, 0.25) is 5.95 Å². The van der Waals surface area contributed by atoms with Gasteiger partial charge < -0.3 is 15.7 Å². The molecule has 3 aromatic rings. The summed E-state index contributed by atoms with van der Waals surface area (Å²) in [6.45, 7) is 2.68. The normalized spacial score (nSPS) is 10.6. The number of rotatable bonds is 7. The molecule has 0 aliphatic heterocycles. The molecule has 3 N–H and O–H groups in total. The first-order valence-electron chi connectivity index (χ1n) is 8.33. The summed E-state index contributed by atoms with van der Waals surface area (Å²) in [5.41, 5.74) is 3.46. The Hall–Kier alpha value is -2.70. The lowest BCUT2D eigenvalue weighted by Gasteiger charge is -2.13. The van der Waals surface area contributed by atoms with Crippen LogP contribution in [0.2, 0.25) is 5.02 Å². The van der Waals surface area contributed by atoms with Crippen molar-refractivity contribution < 1.29 is 5.11 Å². The van der Waals surface area contributed by atoms with E-state index in [0.717, 1.165) is 22.5 Å². The van der Waals surface area contributed by atoms with Crippen molar-refractivity contribution in [2.75, 3.05) is 23.8 Å². The predicted octanol–water partition coefficient (Wildman–Crippen LogP) is 4.04. The summed E-state index contributed by atoms with van der Waals surface area (Å²) in [4.78, 5) is 13.2. The Morgan fingerprint density at radius 2 is 2.04 bits per heavy atom. The van der Waals surface area contributed by atoms with Gasteiger partial charge in [0.25, 0.3) is 0 Å². The molecule has 0 atom stereocenters. The van der Waals surface area contributed by atoms with Gasteiger partial charge in [-0.25, -0.2) is 4.98 Å². The van der Waals surface area contributed by atoms with Crippen LogP contribution in [0.4, 0.5) is 17.5 Å². The first-order valence-corrected chi connectivity index (χ1v) is 8.71. The second-order valence-electron chi connectivity index (χ2n) is 5.76. The van der Waals surface area contributed by atoms with Gasteiger partial charge in [-0.05, 0) is 37.1 Å². The zero-order valence-corrected chi connectivity index (χ0v) is 15.2. The number of aryl methyl sites for hydroxylation is 1. The van der Waals surface area contributed by atoms with E-state index in [9.17, 15) is 0 Å². The molecule has 0 unspecified atom stereocenters. The van der Waals surface area contributed by atoms with Crippen LogP contribution >= 0.6 is 11.6 Å². The molecule has 0 saturated carbocycles. The van der Waals surface area contributed by atoms with Crippen molar-refractivity contribution in [3.8, 4) is 11.3 Å². The van der Waals surface area contributed by atoms with Gasteiger partial charge in [0.05, 0.1) is 16.4 Å². The number of pyridine rings is 1. The zero-order valence-electron chi connectivity index (χ0n) is 14.4. The molecule has 0 radical (unpaired) electrons. The van der Waals surface area contributed by atoms with Crippen molar-refractivity contribution in [3.63, 3.8) is 0 Å². The number of para-hydroxylation sites is 1. The molecule has 0 fully saturated rings. The monoisotopic (exact) mass is 369 g/mol. The van der Waals surface area contributed by atoms with Crippen LogP contribution in [-0.4, -0.2) is 33.2 Å². The number of hydrogen-bond acceptors (Lipinski definition) is 6. The standard InChI is InChI=1S/C19H20ClN5O/c1-13-5-2-7-15(20)18(13)24-17-11-16(14-6-3-8-21-12-14)23-19(25-17)22-9-4-10-26/h2-3,5-8,11-12,26H,4,9-10H2,1H3,(H2,22,23,24,25). The second kappa shape index (κ2) is 8.60. The molecule has 3 rings (SSSR count). The molecule has 7 heteroatoms. The first-order chi connectivity index (χ1) is 12.7. The van der Waals surface area contributed by atoms with E-state index in [-0.39, 0.29) is 6.61 Å². The van der Waals surface area contributed by atoms with Crippen LogP contribution in [0.3, 0.4) is 0 Å². The van der Waals surface area contributed by atoms with Crippen molar-refractivity contribution in [2.24, 2.45) is 0 Å². The van der Waals surface area contributed by atoms with Crippen LogP contribution in [0, 0.1) is 6.92 Å². The van der Waals surface area contributed by atoms with E-state index in [0.29, 0.717) is 29.8 Å². The molecule has 1 aromatic carbocycles. The minimum absolute atomic E-state index is 0.110. The number of nitrogens with zero attached hydrogens (tertiary/aromatic N) is 3. The van der Waals surface area contributed by atoms with Crippen molar-refractivity contribution >= 4 is 29.1 Å². The highest BCUT2D eigenvalue weighted by Crippen LogP contribution is 2.29. The third kappa shape index (κ3) is 4.47. The van der Waals surface area contributed by atoms with Crippen LogP contribution in [0.15, 0.2) is 48.8 Å². The lowest BCUT2D eigenvalue weighted by molar-refractivity contribution is 0.292. The number of nitrogens with one attached hydrogen (secondary N) is 2. The van der Waals surface area contributed by atoms with E-state index in [1.807, 2.05) is 43.3 Å². The van der Waals surface area contributed by atoms with Crippen molar-refractivity contribution in [1.29, 1.82) is 0 Å². The molecule has 2 heterocycles. The SMILES string of the molecule is Cc1cccc(Cl)c1Nc1cc(-c2cccnc2)nc(NCCCO)n1. The highest BCUT2D eigenvalue weighted by molar-refractivity contribution is 6.33. The van der Waals surface area contributed by atoms with Gasteiger partial charge in [-0.3, -0.25) is 4.98 Å². The zero-order chi connectivity index (χ0) is 18.4. The van der Waals surface area contributed by atoms with Gasteiger partial charge >= 0.3 is 0 Å². The second-order valence-corrected chi connectivity index (χ2v) is 6.17. The lowest BCUT2D eigenvalue weighted by atomic mass is 10.2. The molecule has 6 nitrogen and oxygen atoms in total. The number of aromatic nitrogens is 3. The number of aliphatic hydroxyl groups is 1. The summed E-state index contributed by atoms with van der Waals surface area (Å²) < 4.78 is 0. The molecule has 0 saturated heterocycles. The smallest absolute Gasteiger partial charge is 0.225 e. The number of anilines is 3. The van der Waals surface area contributed by atoms with Gasteiger partial charge in [-0.1, -0.05) is 23.7 Å². The van der Waals surface area contributed by atoms with E-state index >= 15 is 0 Å². The molecule has 134 valence electrons. The van der Waals surface area contributed by atoms with E-state index in [4.69, 9.17) is 16.7 Å². The van der Waals surface area contributed by atoms with Crippen LogP contribution in [0.25, 0.3) is 11.3 Å². The van der Waals surface area contributed by atoms with Gasteiger partial charge in [-0.15, -0.1) is 0 Å². The van der Waals surface area contributed by atoms with Gasteiger partial charge in [0.1, 0.15) is 5.82 Å². The van der Waals surface area contributed by atoms with Crippen molar-refractivity contribution in [1.82, 2.24) is 15.0 Å². The van der Waals surface area contributed by atoms with Crippen molar-refractivity contribution in [3.05, 3.63) is 59.4 Å². The molecule has 0 aliphatic rings. The maximum Gasteiger partial charge on any atom is 0.225 e. The highest BCUT2D eigenvalue weighted by Gasteiger charge is 2.10. The Morgan fingerprint density at radius 3 is 2.77 bits per heavy atom. The molecule has 0 aliphatic carbocycles. The Balaban J connectivity index is 1.96. The van der Waals surface area contributed by atoms with Crippen LogP contribution in [0.1, 0.15) is 12.0 Å². The molecule has 0 amide bonds. The average Bonchev–Trinajstić information content (AvgIpc) is 2.66. The van der Waals surface area contributed by atoms with Gasteiger partial charge in [0, 0.05) is 37.2 Å². The molecular formula is C19H20ClN5O. The number of hydrogen-bond donors (Lipinski definition) is 3. The maximum absolute atomic E-state index is 8.97. The quantitative estimate of drug-likeness (QED) is 0.545. The van der Waals surface area contributed by atoms with Gasteiger partial charge in [-0.2, -0.15) is 4.98 Å². The van der Waals surface area contributed by atoms with E-state index in [2.05, 4.69) is 25.6 Å². The Morgan fingerprint density at radius 1 is 1.15 bits per heavy atom. The predicted molar refractivity (Wildman–Crippen MR) is 105 cm³/mol. The fraction of sp³-hybridized carbons (Fsp3) is 0.211. The first kappa shape index (κ1) is 18.1. The van der Waals surface area contributed by atoms with E-state index in [1.54, 1.807) is 12.4 Å².